The lowest BCUT2D eigenvalue weighted by atomic mass is 9.64. The number of para-hydroxylation sites is 1. The number of unbranched alkanes of at least 4 members (excludes halogenated alkanes) is 3. The summed E-state index contributed by atoms with van der Waals surface area (Å²) in [5, 5.41) is 9.23. The number of aliphatic hydroxyl groups excluding tert-OH is 1. The van der Waals surface area contributed by atoms with E-state index in [-0.39, 0.29) is 30.4 Å². The highest BCUT2D eigenvalue weighted by Crippen LogP contribution is 2.64. The van der Waals surface area contributed by atoms with Crippen LogP contribution in [0.1, 0.15) is 78.6 Å². The van der Waals surface area contributed by atoms with Crippen LogP contribution in [0.2, 0.25) is 0 Å². The number of anilines is 1. The van der Waals surface area contributed by atoms with E-state index >= 15 is 0 Å². The van der Waals surface area contributed by atoms with Crippen LogP contribution in [0.4, 0.5) is 5.69 Å². The number of amides is 3. The molecular formula is C35H51N3O5. The summed E-state index contributed by atoms with van der Waals surface area (Å²) in [5.74, 6) is -1.84. The molecule has 1 spiro atoms. The molecule has 3 fully saturated rings. The molecule has 8 heteroatoms. The number of fused-ring (bicyclic) bond motifs is 1. The molecule has 0 aliphatic carbocycles. The molecule has 1 aromatic carbocycles. The molecule has 1 N–H and O–H groups in total. The van der Waals surface area contributed by atoms with Crippen molar-refractivity contribution in [3.05, 3.63) is 55.6 Å². The van der Waals surface area contributed by atoms with Gasteiger partial charge in [0.05, 0.1) is 17.4 Å². The van der Waals surface area contributed by atoms with E-state index in [1.807, 2.05) is 42.2 Å². The minimum Gasteiger partial charge on any atom is -0.396 e. The van der Waals surface area contributed by atoms with Gasteiger partial charge in [-0.2, -0.15) is 0 Å². The molecule has 3 aliphatic heterocycles. The van der Waals surface area contributed by atoms with Gasteiger partial charge in [-0.15, -0.1) is 13.2 Å². The van der Waals surface area contributed by atoms with Gasteiger partial charge in [-0.25, -0.2) is 0 Å². The standard InChI is InChI=1S/C35H51N3O5/c1-6-17-26(5)36(22-7-2)33(42)30-35-21-20-34(9-4,43-35)28(29(35)32(41)38(30)24-15-10-11-16-25-39)31(40)37(23-8-3)27-18-13-12-14-19-27/h7-8,12-14,18-19,26,28-30,39H,2-3,6,9-11,15-17,20-25H2,1,4-5H3/t26?,28-,29+,30?,34+,35?/m1/s1. The summed E-state index contributed by atoms with van der Waals surface area (Å²) >= 11 is 0. The number of hydrogen-bond acceptors (Lipinski definition) is 5. The lowest BCUT2D eigenvalue weighted by Gasteiger charge is -2.39. The van der Waals surface area contributed by atoms with Gasteiger partial charge >= 0.3 is 0 Å². The average Bonchev–Trinajstić information content (AvgIpc) is 3.62. The van der Waals surface area contributed by atoms with Crippen LogP contribution in [0.25, 0.3) is 0 Å². The molecule has 3 unspecified atom stereocenters. The first kappa shape index (κ1) is 32.9. The van der Waals surface area contributed by atoms with E-state index in [4.69, 9.17) is 4.74 Å². The summed E-state index contributed by atoms with van der Waals surface area (Å²) in [6.07, 6.45) is 10.1. The Hall–Kier alpha value is -2.97. The van der Waals surface area contributed by atoms with E-state index in [0.29, 0.717) is 51.7 Å². The largest absolute Gasteiger partial charge is 0.396 e. The zero-order chi connectivity index (χ0) is 31.2. The van der Waals surface area contributed by atoms with Gasteiger partial charge in [-0.3, -0.25) is 14.4 Å². The van der Waals surface area contributed by atoms with E-state index in [0.717, 1.165) is 31.4 Å². The first-order valence-corrected chi connectivity index (χ1v) is 16.3. The molecular weight excluding hydrogens is 542 g/mol. The molecule has 3 aliphatic rings. The Balaban J connectivity index is 1.77. The summed E-state index contributed by atoms with van der Waals surface area (Å²) in [4.78, 5) is 49.2. The number of carbonyl (C=O) groups is 3. The Bertz CT molecular complexity index is 1160. The highest BCUT2D eigenvalue weighted by molar-refractivity contribution is 6.03. The van der Waals surface area contributed by atoms with E-state index < -0.39 is 29.1 Å². The minimum atomic E-state index is -1.06. The summed E-state index contributed by atoms with van der Waals surface area (Å²) in [7, 11) is 0. The van der Waals surface area contributed by atoms with Gasteiger partial charge in [-0.05, 0) is 57.6 Å². The number of ether oxygens (including phenoxy) is 1. The van der Waals surface area contributed by atoms with E-state index in [2.05, 4.69) is 27.0 Å². The summed E-state index contributed by atoms with van der Waals surface area (Å²) < 4.78 is 7.02. The molecule has 236 valence electrons. The van der Waals surface area contributed by atoms with Crippen LogP contribution in [0.5, 0.6) is 0 Å². The fourth-order valence-electron chi connectivity index (χ4n) is 7.95. The highest BCUT2D eigenvalue weighted by atomic mass is 16.5. The Morgan fingerprint density at radius 1 is 1.07 bits per heavy atom. The third kappa shape index (κ3) is 5.93. The predicted octanol–water partition coefficient (Wildman–Crippen LogP) is 5.12. The Morgan fingerprint density at radius 3 is 2.40 bits per heavy atom. The second kappa shape index (κ2) is 14.2. The van der Waals surface area contributed by atoms with Crippen molar-refractivity contribution in [2.24, 2.45) is 11.8 Å². The smallest absolute Gasteiger partial charge is 0.248 e. The van der Waals surface area contributed by atoms with Crippen LogP contribution < -0.4 is 4.90 Å². The second-order valence-electron chi connectivity index (χ2n) is 12.5. The van der Waals surface area contributed by atoms with Gasteiger partial charge in [0.1, 0.15) is 11.6 Å². The summed E-state index contributed by atoms with van der Waals surface area (Å²) in [6.45, 7) is 15.2. The van der Waals surface area contributed by atoms with E-state index in [9.17, 15) is 19.5 Å². The first-order valence-electron chi connectivity index (χ1n) is 16.3. The van der Waals surface area contributed by atoms with Crippen LogP contribution in [0.15, 0.2) is 55.6 Å². The van der Waals surface area contributed by atoms with Crippen molar-refractivity contribution in [2.45, 2.75) is 102 Å². The molecule has 2 bridgehead atoms. The van der Waals surface area contributed by atoms with Crippen molar-refractivity contribution in [1.82, 2.24) is 9.80 Å². The zero-order valence-electron chi connectivity index (χ0n) is 26.4. The van der Waals surface area contributed by atoms with Gasteiger partial charge < -0.3 is 24.5 Å². The molecule has 0 saturated carbocycles. The normalized spacial score (nSPS) is 28.0. The van der Waals surface area contributed by atoms with Gasteiger partial charge in [0.25, 0.3) is 0 Å². The van der Waals surface area contributed by atoms with Crippen molar-refractivity contribution in [1.29, 1.82) is 0 Å². The summed E-state index contributed by atoms with van der Waals surface area (Å²) in [5.41, 5.74) is -1.12. The monoisotopic (exact) mass is 593 g/mol. The number of rotatable bonds is 17. The summed E-state index contributed by atoms with van der Waals surface area (Å²) in [6, 6.07) is 8.68. The number of hydrogen-bond donors (Lipinski definition) is 1. The van der Waals surface area contributed by atoms with Gasteiger partial charge in [0.15, 0.2) is 0 Å². The van der Waals surface area contributed by atoms with Crippen LogP contribution >= 0.6 is 0 Å². The van der Waals surface area contributed by atoms with Crippen LogP contribution in [0, 0.1) is 11.8 Å². The third-order valence-electron chi connectivity index (χ3n) is 9.98. The lowest BCUT2D eigenvalue weighted by Crippen LogP contribution is -2.58. The number of carbonyl (C=O) groups excluding carboxylic acids is 3. The van der Waals surface area contributed by atoms with Crippen molar-refractivity contribution in [3.63, 3.8) is 0 Å². The molecule has 1 aromatic rings. The van der Waals surface area contributed by atoms with Gasteiger partial charge in [0.2, 0.25) is 17.7 Å². The highest BCUT2D eigenvalue weighted by Gasteiger charge is 2.79. The van der Waals surface area contributed by atoms with Crippen molar-refractivity contribution < 1.29 is 24.2 Å². The lowest BCUT2D eigenvalue weighted by molar-refractivity contribution is -0.154. The van der Waals surface area contributed by atoms with Gasteiger partial charge in [0, 0.05) is 38.0 Å². The zero-order valence-corrected chi connectivity index (χ0v) is 26.4. The quantitative estimate of drug-likeness (QED) is 0.200. The van der Waals surface area contributed by atoms with Crippen LogP contribution in [-0.4, -0.2) is 82.2 Å². The molecule has 3 amide bonds. The predicted molar refractivity (Wildman–Crippen MR) is 169 cm³/mol. The van der Waals surface area contributed by atoms with Crippen molar-refractivity contribution in [3.8, 4) is 0 Å². The fourth-order valence-corrected chi connectivity index (χ4v) is 7.95. The van der Waals surface area contributed by atoms with Crippen molar-refractivity contribution >= 4 is 23.4 Å². The number of likely N-dealkylation sites (tertiary alicyclic amines) is 1. The van der Waals surface area contributed by atoms with Gasteiger partial charge in [-0.1, -0.05) is 63.5 Å². The number of benzene rings is 1. The van der Waals surface area contributed by atoms with Crippen LogP contribution in [0.3, 0.4) is 0 Å². The van der Waals surface area contributed by atoms with Crippen molar-refractivity contribution in [2.75, 3.05) is 31.1 Å². The molecule has 4 rings (SSSR count). The third-order valence-corrected chi connectivity index (χ3v) is 9.98. The Kier molecular flexibility index (Phi) is 10.9. The van der Waals surface area contributed by atoms with E-state index in [1.54, 1.807) is 22.0 Å². The van der Waals surface area contributed by atoms with Crippen LogP contribution in [-0.2, 0) is 19.1 Å². The minimum absolute atomic E-state index is 0.0233. The Labute approximate surface area is 257 Å². The second-order valence-corrected chi connectivity index (χ2v) is 12.5. The average molecular weight is 594 g/mol. The molecule has 6 atom stereocenters. The maximum atomic E-state index is 14.7. The fraction of sp³-hybridized carbons (Fsp3) is 0.629. The molecule has 8 nitrogen and oxygen atoms in total. The molecule has 0 radical (unpaired) electrons. The molecule has 3 saturated heterocycles. The number of nitrogens with zero attached hydrogens (tertiary/aromatic N) is 3. The first-order chi connectivity index (χ1) is 20.8. The maximum absolute atomic E-state index is 14.7. The molecule has 0 aromatic heterocycles. The number of aliphatic hydroxyl groups is 1. The maximum Gasteiger partial charge on any atom is 0.248 e. The molecule has 3 heterocycles. The molecule has 43 heavy (non-hydrogen) atoms. The Morgan fingerprint density at radius 2 is 1.77 bits per heavy atom. The van der Waals surface area contributed by atoms with E-state index in [1.165, 1.54) is 0 Å². The SMILES string of the molecule is C=CCN(C(=O)[C@H]1[C@H]2C(=O)N(CCCCCCO)C(C(=O)N(CC=C)C(C)CCC)C23CC[C@]1(CC)O3)c1ccccc1. The topological polar surface area (TPSA) is 90.4 Å².